The summed E-state index contributed by atoms with van der Waals surface area (Å²) in [5.41, 5.74) is 1.92. The Morgan fingerprint density at radius 3 is 2.27 bits per heavy atom. The van der Waals surface area contributed by atoms with Crippen LogP contribution in [0.4, 0.5) is 0 Å². The van der Waals surface area contributed by atoms with Crippen molar-refractivity contribution in [3.05, 3.63) is 42.0 Å². The van der Waals surface area contributed by atoms with Gasteiger partial charge in [0.2, 0.25) is 5.91 Å². The van der Waals surface area contributed by atoms with Crippen molar-refractivity contribution in [1.82, 2.24) is 5.32 Å². The van der Waals surface area contributed by atoms with E-state index in [0.29, 0.717) is 37.4 Å². The number of aliphatic carboxylic acids is 1. The van der Waals surface area contributed by atoms with Gasteiger partial charge in [0, 0.05) is 0 Å². The van der Waals surface area contributed by atoms with Crippen LogP contribution < -0.4 is 10.1 Å². The Labute approximate surface area is 314 Å². The van der Waals surface area contributed by atoms with E-state index in [4.69, 9.17) is 9.47 Å². The highest BCUT2D eigenvalue weighted by atomic mass is 16.5. The van der Waals surface area contributed by atoms with Gasteiger partial charge in [0.15, 0.2) is 0 Å². The van der Waals surface area contributed by atoms with Crippen molar-refractivity contribution in [3.63, 3.8) is 0 Å². The zero-order valence-corrected chi connectivity index (χ0v) is 33.6. The van der Waals surface area contributed by atoms with Crippen LogP contribution in [0.2, 0.25) is 0 Å². The van der Waals surface area contributed by atoms with E-state index in [-0.39, 0.29) is 51.4 Å². The van der Waals surface area contributed by atoms with Gasteiger partial charge in [-0.3, -0.25) is 4.79 Å². The van der Waals surface area contributed by atoms with Crippen molar-refractivity contribution in [2.45, 2.75) is 138 Å². The Bertz CT molecular complexity index is 1490. The second-order valence-electron chi connectivity index (χ2n) is 19.7. The van der Waals surface area contributed by atoms with E-state index in [9.17, 15) is 19.8 Å². The lowest BCUT2D eigenvalue weighted by Gasteiger charge is -2.72. The van der Waals surface area contributed by atoms with Gasteiger partial charge < -0.3 is 25.0 Å². The first-order valence-corrected chi connectivity index (χ1v) is 20.5. The second-order valence-corrected chi connectivity index (χ2v) is 19.7. The molecule has 0 spiro atoms. The summed E-state index contributed by atoms with van der Waals surface area (Å²) < 4.78 is 11.6. The van der Waals surface area contributed by atoms with E-state index in [2.05, 4.69) is 58.6 Å². The van der Waals surface area contributed by atoms with Gasteiger partial charge in [-0.05, 0) is 157 Å². The number of aliphatic hydroxyl groups excluding tert-OH is 1. The number of carbonyl (C=O) groups is 2. The summed E-state index contributed by atoms with van der Waals surface area (Å²) in [4.78, 5) is 27.2. The number of hydrogen-bond donors (Lipinski definition) is 3. The number of carboxylic acids is 1. The molecule has 5 aliphatic carbocycles. The fourth-order valence-corrected chi connectivity index (χ4v) is 13.7. The van der Waals surface area contributed by atoms with Crippen molar-refractivity contribution >= 4 is 11.9 Å². The molecule has 1 aromatic carbocycles. The lowest BCUT2D eigenvalue weighted by molar-refractivity contribution is -0.246. The Kier molecular flexibility index (Phi) is 10.9. The van der Waals surface area contributed by atoms with Crippen LogP contribution in [-0.4, -0.2) is 54.6 Å². The van der Waals surface area contributed by atoms with E-state index in [0.717, 1.165) is 82.0 Å². The van der Waals surface area contributed by atoms with Gasteiger partial charge in [-0.15, -0.1) is 0 Å². The molecule has 52 heavy (non-hydrogen) atoms. The summed E-state index contributed by atoms with van der Waals surface area (Å²) in [6.45, 7) is 22.1. The van der Waals surface area contributed by atoms with E-state index in [1.165, 1.54) is 5.56 Å². The number of carbonyl (C=O) groups excluding carboxylic acids is 1. The number of aliphatic hydroxyl groups is 1. The van der Waals surface area contributed by atoms with Crippen molar-refractivity contribution in [1.29, 1.82) is 0 Å². The number of rotatable bonds is 12. The number of methoxy groups -OCH3 is 1. The average molecular weight is 720 g/mol. The standard InChI is InChI=1S/C45H69NO6/c1-28(2)26-34(39(48)49)46-40(50)45-22-16-32(29(3)27-52-25-19-30-10-12-31(51-9)13-11-30)38(45)33-14-15-36-42(6)20-18-37(47)41(4,5)35(42)17-21-44(36,8)43(33,7)23-24-45/h10-13,28,32-38,47H,3,14-27H2,1-2,4-9H3,(H,46,50)(H,48,49)/t32-,33?,34?,35?,36?,37-,38?,42-,43+,44+,45-/m0/s1. The monoisotopic (exact) mass is 720 g/mol. The van der Waals surface area contributed by atoms with E-state index >= 15 is 0 Å². The largest absolute Gasteiger partial charge is 0.497 e. The fraction of sp³-hybridized carbons (Fsp3) is 0.778. The van der Waals surface area contributed by atoms with Crippen LogP contribution >= 0.6 is 0 Å². The van der Waals surface area contributed by atoms with Crippen LogP contribution in [-0.2, 0) is 20.7 Å². The zero-order valence-electron chi connectivity index (χ0n) is 33.6. The van der Waals surface area contributed by atoms with Crippen molar-refractivity contribution in [3.8, 4) is 5.75 Å². The molecule has 0 heterocycles. The average Bonchev–Trinajstić information content (AvgIpc) is 3.49. The smallest absolute Gasteiger partial charge is 0.326 e. The highest BCUT2D eigenvalue weighted by molar-refractivity contribution is 5.88. The topological polar surface area (TPSA) is 105 Å². The van der Waals surface area contributed by atoms with Crippen molar-refractivity contribution in [2.24, 2.45) is 62.6 Å². The number of carboxylic acid groups (broad SMARTS) is 1. The molecule has 0 bridgehead atoms. The second kappa shape index (κ2) is 14.4. The summed E-state index contributed by atoms with van der Waals surface area (Å²) in [5.74, 6) is 1.68. The van der Waals surface area contributed by atoms with Gasteiger partial charge >= 0.3 is 5.97 Å². The van der Waals surface area contributed by atoms with E-state index in [1.54, 1.807) is 7.11 Å². The number of benzene rings is 1. The molecule has 11 atom stereocenters. The molecule has 5 aliphatic rings. The van der Waals surface area contributed by atoms with Crippen molar-refractivity contribution < 1.29 is 29.3 Å². The zero-order chi connectivity index (χ0) is 37.9. The van der Waals surface area contributed by atoms with Gasteiger partial charge in [-0.2, -0.15) is 0 Å². The molecule has 3 N–H and O–H groups in total. The fourth-order valence-electron chi connectivity index (χ4n) is 13.7. The summed E-state index contributed by atoms with van der Waals surface area (Å²) in [7, 11) is 1.68. The highest BCUT2D eigenvalue weighted by Crippen LogP contribution is 2.77. The van der Waals surface area contributed by atoms with E-state index in [1.807, 2.05) is 26.0 Å². The van der Waals surface area contributed by atoms with Gasteiger partial charge in [0.05, 0.1) is 31.8 Å². The molecular formula is C45H69NO6. The molecule has 7 heteroatoms. The Morgan fingerprint density at radius 1 is 0.904 bits per heavy atom. The number of nitrogens with one attached hydrogen (secondary N) is 1. The summed E-state index contributed by atoms with van der Waals surface area (Å²) in [5, 5.41) is 24.4. The molecule has 6 rings (SSSR count). The molecule has 5 saturated carbocycles. The molecule has 5 unspecified atom stereocenters. The Hall–Kier alpha value is -2.38. The third kappa shape index (κ3) is 6.35. The van der Waals surface area contributed by atoms with Crippen LogP contribution in [0, 0.1) is 62.6 Å². The molecule has 1 aromatic rings. The minimum absolute atomic E-state index is 0.0424. The first-order chi connectivity index (χ1) is 24.4. The maximum absolute atomic E-state index is 14.7. The number of fused-ring (bicyclic) bond motifs is 7. The lowest BCUT2D eigenvalue weighted by Crippen LogP contribution is -2.67. The normalized spacial score (nSPS) is 39.7. The van der Waals surface area contributed by atoms with Crippen LogP contribution in [0.25, 0.3) is 0 Å². The summed E-state index contributed by atoms with van der Waals surface area (Å²) >= 11 is 0. The molecular weight excluding hydrogens is 650 g/mol. The minimum atomic E-state index is -0.946. The number of amides is 1. The third-order valence-corrected chi connectivity index (χ3v) is 16.7. The summed E-state index contributed by atoms with van der Waals surface area (Å²) in [6.07, 6.45) is 10.9. The molecule has 1 amide bonds. The Morgan fingerprint density at radius 2 is 1.62 bits per heavy atom. The molecule has 0 aliphatic heterocycles. The molecule has 5 fully saturated rings. The lowest BCUT2D eigenvalue weighted by atomic mass is 9.32. The molecule has 0 radical (unpaired) electrons. The Balaban J connectivity index is 1.28. The van der Waals surface area contributed by atoms with Crippen LogP contribution in [0.15, 0.2) is 36.4 Å². The van der Waals surface area contributed by atoms with Crippen molar-refractivity contribution in [2.75, 3.05) is 20.3 Å². The van der Waals surface area contributed by atoms with Crippen LogP contribution in [0.1, 0.15) is 125 Å². The van der Waals surface area contributed by atoms with Crippen LogP contribution in [0.5, 0.6) is 5.75 Å². The molecule has 0 aromatic heterocycles. The SMILES string of the molecule is C=C(COCCc1ccc(OC)cc1)[C@@H]1CC[C@]2(C(=O)NC(CC(C)C)C(=O)O)CC[C@]3(C)C(CCC4[C@@]5(C)CC[C@H](O)C(C)(C)C5CC[C@]43C)C12. The first-order valence-electron chi connectivity index (χ1n) is 20.5. The quantitative estimate of drug-likeness (QED) is 0.147. The maximum atomic E-state index is 14.7. The predicted octanol–water partition coefficient (Wildman–Crippen LogP) is 8.87. The van der Waals surface area contributed by atoms with E-state index < -0.39 is 17.4 Å². The molecule has 7 nitrogen and oxygen atoms in total. The number of hydrogen-bond acceptors (Lipinski definition) is 5. The summed E-state index contributed by atoms with van der Waals surface area (Å²) in [6, 6.07) is 7.24. The van der Waals surface area contributed by atoms with Gasteiger partial charge in [-0.25, -0.2) is 4.79 Å². The number of ether oxygens (including phenoxy) is 2. The molecule has 290 valence electrons. The minimum Gasteiger partial charge on any atom is -0.497 e. The van der Waals surface area contributed by atoms with Gasteiger partial charge in [0.25, 0.3) is 0 Å². The first kappa shape index (κ1) is 39.3. The van der Waals surface area contributed by atoms with Gasteiger partial charge in [0.1, 0.15) is 11.8 Å². The predicted molar refractivity (Wildman–Crippen MR) is 206 cm³/mol. The maximum Gasteiger partial charge on any atom is 0.326 e. The van der Waals surface area contributed by atoms with Gasteiger partial charge in [-0.1, -0.05) is 67.2 Å². The molecule has 0 saturated heterocycles. The third-order valence-electron chi connectivity index (χ3n) is 16.7. The van der Waals surface area contributed by atoms with Crippen LogP contribution in [0.3, 0.4) is 0 Å². The highest BCUT2D eigenvalue weighted by Gasteiger charge is 2.72.